The van der Waals surface area contributed by atoms with Crippen LogP contribution in [0.5, 0.6) is 0 Å². The predicted octanol–water partition coefficient (Wildman–Crippen LogP) is 1.84. The molecule has 1 aromatic rings. The lowest BCUT2D eigenvalue weighted by atomic mass is 9.98. The summed E-state index contributed by atoms with van der Waals surface area (Å²) in [6, 6.07) is 8.39. The number of rotatable bonds is 6. The Labute approximate surface area is 148 Å². The quantitative estimate of drug-likeness (QED) is 0.751. The number of hydrogen-bond donors (Lipinski definition) is 2. The number of allylic oxidation sites excluding steroid dienone is 2. The van der Waals surface area contributed by atoms with Crippen LogP contribution in [0.2, 0.25) is 0 Å². The molecule has 6 nitrogen and oxygen atoms in total. The molecule has 1 aliphatic carbocycles. The lowest BCUT2D eigenvalue weighted by molar-refractivity contribution is -0.143. The summed E-state index contributed by atoms with van der Waals surface area (Å²) < 4.78 is 32.2. The molecule has 0 heterocycles. The van der Waals surface area contributed by atoms with Gasteiger partial charge < -0.3 is 9.84 Å². The average Bonchev–Trinajstić information content (AvgIpc) is 2.60. The number of ether oxygens (including phenoxy) is 1. The molecule has 0 spiro atoms. The molecule has 0 saturated heterocycles. The molecule has 25 heavy (non-hydrogen) atoms. The largest absolute Gasteiger partial charge is 0.468 e. The number of sulfonamides is 1. The van der Waals surface area contributed by atoms with Crippen molar-refractivity contribution >= 4 is 21.6 Å². The topological polar surface area (TPSA) is 92.7 Å². The predicted molar refractivity (Wildman–Crippen MR) is 95.8 cm³/mol. The van der Waals surface area contributed by atoms with Gasteiger partial charge in [0.15, 0.2) is 0 Å². The summed E-state index contributed by atoms with van der Waals surface area (Å²) in [5, 5.41) is 10.6. The molecule has 136 valence electrons. The molecule has 0 fully saturated rings. The highest BCUT2D eigenvalue weighted by Crippen LogP contribution is 2.30. The summed E-state index contributed by atoms with van der Waals surface area (Å²) in [5.41, 5.74) is 1.76. The minimum Gasteiger partial charge on any atom is -0.468 e. The summed E-state index contributed by atoms with van der Waals surface area (Å²) in [6.07, 6.45) is 4.36. The Morgan fingerprint density at radius 3 is 2.40 bits per heavy atom. The zero-order chi connectivity index (χ0) is 18.7. The van der Waals surface area contributed by atoms with Crippen LogP contribution in [0.1, 0.15) is 25.8 Å². The Balaban J connectivity index is 2.22. The summed E-state index contributed by atoms with van der Waals surface area (Å²) >= 11 is 0. The third kappa shape index (κ3) is 4.18. The van der Waals surface area contributed by atoms with Crippen LogP contribution in [0.3, 0.4) is 0 Å². The van der Waals surface area contributed by atoms with Gasteiger partial charge in [0.05, 0.1) is 7.11 Å². The van der Waals surface area contributed by atoms with E-state index < -0.39 is 27.0 Å². The number of carbonyl (C=O) groups is 1. The first-order valence-corrected chi connectivity index (χ1v) is 9.45. The van der Waals surface area contributed by atoms with Gasteiger partial charge in [-0.2, -0.15) is 4.72 Å². The van der Waals surface area contributed by atoms with Crippen molar-refractivity contribution in [2.75, 3.05) is 7.11 Å². The van der Waals surface area contributed by atoms with Crippen molar-refractivity contribution in [3.05, 3.63) is 54.1 Å². The van der Waals surface area contributed by atoms with Crippen LogP contribution >= 0.6 is 0 Å². The minimum atomic E-state index is -4.21. The van der Waals surface area contributed by atoms with Crippen molar-refractivity contribution in [3.8, 4) is 0 Å². The average molecular weight is 365 g/mol. The molecular formula is C18H23NO5S. The van der Waals surface area contributed by atoms with E-state index in [2.05, 4.69) is 9.46 Å². The maximum absolute atomic E-state index is 12.6. The fraction of sp³-hybridized carbons (Fsp3) is 0.389. The number of aliphatic hydroxyl groups is 1. The normalized spacial score (nSPS) is 21.7. The van der Waals surface area contributed by atoms with Crippen molar-refractivity contribution in [1.82, 2.24) is 4.72 Å². The second-order valence-electron chi connectivity index (χ2n) is 6.27. The number of esters is 1. The Morgan fingerprint density at radius 1 is 1.28 bits per heavy atom. The van der Waals surface area contributed by atoms with Crippen LogP contribution < -0.4 is 4.72 Å². The zero-order valence-corrected chi connectivity index (χ0v) is 15.3. The maximum Gasteiger partial charge on any atom is 0.324 e. The van der Waals surface area contributed by atoms with Crippen LogP contribution in [0.15, 0.2) is 48.6 Å². The van der Waals surface area contributed by atoms with E-state index in [0.717, 1.165) is 11.1 Å². The van der Waals surface area contributed by atoms with E-state index in [4.69, 9.17) is 0 Å². The van der Waals surface area contributed by atoms with E-state index in [1.54, 1.807) is 26.0 Å². The monoisotopic (exact) mass is 365 g/mol. The summed E-state index contributed by atoms with van der Waals surface area (Å²) in [4.78, 5) is 9.68. The van der Waals surface area contributed by atoms with E-state index in [1.807, 2.05) is 30.3 Å². The Morgan fingerprint density at radius 2 is 1.92 bits per heavy atom. The maximum atomic E-state index is 12.6. The zero-order valence-electron chi connectivity index (χ0n) is 14.5. The molecule has 0 bridgehead atoms. The third-order valence-electron chi connectivity index (χ3n) is 4.11. The van der Waals surface area contributed by atoms with E-state index >= 15 is 0 Å². The fourth-order valence-electron chi connectivity index (χ4n) is 2.51. The van der Waals surface area contributed by atoms with Crippen molar-refractivity contribution in [1.29, 1.82) is 0 Å². The molecule has 2 N–H and O–H groups in total. The van der Waals surface area contributed by atoms with Gasteiger partial charge in [-0.25, -0.2) is 8.42 Å². The number of methoxy groups -OCH3 is 1. The summed E-state index contributed by atoms with van der Waals surface area (Å²) in [5.74, 6) is -1.02. The number of hydrogen-bond acceptors (Lipinski definition) is 5. The molecule has 0 radical (unpaired) electrons. The van der Waals surface area contributed by atoms with Gasteiger partial charge in [0.2, 0.25) is 15.0 Å². The van der Waals surface area contributed by atoms with E-state index in [0.29, 0.717) is 0 Å². The number of nitrogens with one attached hydrogen (secondary N) is 1. The van der Waals surface area contributed by atoms with Crippen LogP contribution in [-0.4, -0.2) is 37.6 Å². The molecule has 0 aromatic heterocycles. The molecule has 2 atom stereocenters. The summed E-state index contributed by atoms with van der Waals surface area (Å²) in [6.45, 7) is 3.39. The molecule has 0 amide bonds. The highest BCUT2D eigenvalue weighted by atomic mass is 32.2. The lowest BCUT2D eigenvalue weighted by Crippen LogP contribution is -2.53. The minimum absolute atomic E-state index is 0.116. The van der Waals surface area contributed by atoms with Gasteiger partial charge in [-0.05, 0) is 23.1 Å². The molecule has 0 saturated carbocycles. The first-order valence-electron chi connectivity index (χ1n) is 7.97. The standard InChI is InChI=1S/C18H23NO5S/c1-13(2)16(17(20)24-3)19-25(22,23)18(21)11-9-15(10-12-18)14-7-5-4-6-8-14/h4-11,13,16,19,21H,12H2,1-3H3/t16-,18?/m1/s1. The van der Waals surface area contributed by atoms with Gasteiger partial charge in [0.1, 0.15) is 6.04 Å². The third-order valence-corrected chi connectivity index (χ3v) is 5.91. The van der Waals surface area contributed by atoms with E-state index in [1.165, 1.54) is 13.2 Å². The second-order valence-corrected chi connectivity index (χ2v) is 8.22. The van der Waals surface area contributed by atoms with Crippen molar-refractivity contribution < 1.29 is 23.1 Å². The fourth-order valence-corrected chi connectivity index (χ4v) is 3.97. The molecule has 1 aliphatic rings. The molecule has 0 aliphatic heterocycles. The molecular weight excluding hydrogens is 342 g/mol. The smallest absolute Gasteiger partial charge is 0.324 e. The lowest BCUT2D eigenvalue weighted by Gasteiger charge is -2.29. The van der Waals surface area contributed by atoms with Crippen molar-refractivity contribution in [2.24, 2.45) is 5.92 Å². The Bertz CT molecular complexity index is 783. The van der Waals surface area contributed by atoms with Gasteiger partial charge in [-0.1, -0.05) is 56.3 Å². The molecule has 7 heteroatoms. The van der Waals surface area contributed by atoms with Crippen molar-refractivity contribution in [2.45, 2.75) is 31.2 Å². The van der Waals surface area contributed by atoms with Crippen LogP contribution in [-0.2, 0) is 19.6 Å². The van der Waals surface area contributed by atoms with Gasteiger partial charge in [0, 0.05) is 6.42 Å². The van der Waals surface area contributed by atoms with Gasteiger partial charge >= 0.3 is 5.97 Å². The van der Waals surface area contributed by atoms with E-state index in [9.17, 15) is 18.3 Å². The number of benzene rings is 1. The Hall–Kier alpha value is -1.96. The molecule has 1 unspecified atom stereocenters. The van der Waals surface area contributed by atoms with Crippen molar-refractivity contribution in [3.63, 3.8) is 0 Å². The highest BCUT2D eigenvalue weighted by Gasteiger charge is 2.43. The van der Waals surface area contributed by atoms with Gasteiger partial charge in [-0.15, -0.1) is 0 Å². The number of carbonyl (C=O) groups excluding carboxylic acids is 1. The first kappa shape index (κ1) is 19.4. The van der Waals surface area contributed by atoms with Gasteiger partial charge in [0.25, 0.3) is 0 Å². The SMILES string of the molecule is COC(=O)[C@H](NS(=O)(=O)C1(O)C=CC(c2ccccc2)=CC1)C(C)C. The van der Waals surface area contributed by atoms with E-state index in [-0.39, 0.29) is 12.3 Å². The summed E-state index contributed by atoms with van der Waals surface area (Å²) in [7, 11) is -3.02. The Kier molecular flexibility index (Phi) is 5.82. The second kappa shape index (κ2) is 7.51. The van der Waals surface area contributed by atoms with Crippen LogP contribution in [0.25, 0.3) is 5.57 Å². The van der Waals surface area contributed by atoms with Crippen LogP contribution in [0.4, 0.5) is 0 Å². The molecule has 1 aromatic carbocycles. The highest BCUT2D eigenvalue weighted by molar-refractivity contribution is 7.90. The van der Waals surface area contributed by atoms with Crippen LogP contribution in [0, 0.1) is 5.92 Å². The van der Waals surface area contributed by atoms with Gasteiger partial charge in [-0.3, -0.25) is 4.79 Å². The first-order chi connectivity index (χ1) is 11.7. The molecule has 2 rings (SSSR count).